The molecule has 0 radical (unpaired) electrons. The molecule has 0 bridgehead atoms. The number of rotatable bonds is 5. The highest BCUT2D eigenvalue weighted by molar-refractivity contribution is 7.98. The van der Waals surface area contributed by atoms with E-state index >= 15 is 0 Å². The second kappa shape index (κ2) is 8.15. The molecule has 1 atom stereocenters. The molecular formula is C24H23N5O3S. The summed E-state index contributed by atoms with van der Waals surface area (Å²) in [5.41, 5.74) is 3.60. The zero-order chi connectivity index (χ0) is 23.2. The van der Waals surface area contributed by atoms with Crippen LogP contribution in [-0.2, 0) is 10.5 Å². The number of fused-ring (bicyclic) bond motifs is 1. The molecule has 1 aromatic heterocycles. The standard InChI is InChI=1S/C24H23N5O3S/c1-24(2)12-18-20(19(30)13-24)21(16-6-4-3-5-7-16)28-22(25-18)26-23(27-28)33-14-15-8-10-17(11-9-15)29(31)32/h3-11,21H,12-14H2,1-2H3,(H,25,26,27)/t21-/m1/s1. The van der Waals surface area contributed by atoms with E-state index in [4.69, 9.17) is 10.1 Å². The summed E-state index contributed by atoms with van der Waals surface area (Å²) in [5.74, 6) is 1.35. The first kappa shape index (κ1) is 21.4. The maximum atomic E-state index is 13.2. The first-order valence-electron chi connectivity index (χ1n) is 10.7. The minimum Gasteiger partial charge on any atom is -0.328 e. The van der Waals surface area contributed by atoms with E-state index in [2.05, 4.69) is 19.2 Å². The summed E-state index contributed by atoms with van der Waals surface area (Å²) in [4.78, 5) is 28.4. The van der Waals surface area contributed by atoms with Crippen LogP contribution >= 0.6 is 11.8 Å². The molecule has 8 nitrogen and oxygen atoms in total. The molecule has 3 aromatic rings. The first-order valence-corrected chi connectivity index (χ1v) is 11.7. The zero-order valence-electron chi connectivity index (χ0n) is 18.3. The zero-order valence-corrected chi connectivity index (χ0v) is 19.1. The third kappa shape index (κ3) is 4.16. The Morgan fingerprint density at radius 1 is 1.15 bits per heavy atom. The normalized spacial score (nSPS) is 19.0. The minimum absolute atomic E-state index is 0.0680. The van der Waals surface area contributed by atoms with Crippen molar-refractivity contribution in [3.8, 4) is 0 Å². The number of nitrogens with one attached hydrogen (secondary N) is 1. The number of anilines is 1. The predicted molar refractivity (Wildman–Crippen MR) is 126 cm³/mol. The van der Waals surface area contributed by atoms with Crippen molar-refractivity contribution in [3.05, 3.63) is 87.1 Å². The van der Waals surface area contributed by atoms with E-state index < -0.39 is 4.92 Å². The molecule has 2 aliphatic rings. The number of Topliss-reactive ketones (excluding diaryl/α,β-unsaturated/α-hetero) is 1. The highest BCUT2D eigenvalue weighted by Gasteiger charge is 2.41. The number of carbonyl (C=O) groups excluding carboxylic acids is 1. The molecule has 1 N–H and O–H groups in total. The summed E-state index contributed by atoms with van der Waals surface area (Å²) in [5, 5.41) is 19.6. The summed E-state index contributed by atoms with van der Waals surface area (Å²) in [6, 6.07) is 16.1. The summed E-state index contributed by atoms with van der Waals surface area (Å²) < 4.78 is 1.81. The van der Waals surface area contributed by atoms with Gasteiger partial charge in [-0.25, -0.2) is 4.68 Å². The molecule has 5 rings (SSSR count). The van der Waals surface area contributed by atoms with Crippen molar-refractivity contribution >= 4 is 29.2 Å². The summed E-state index contributed by atoms with van der Waals surface area (Å²) in [6.45, 7) is 4.22. The number of hydrogen-bond acceptors (Lipinski definition) is 7. The Bertz CT molecular complexity index is 1270. The maximum absolute atomic E-state index is 13.2. The molecule has 2 aromatic carbocycles. The van der Waals surface area contributed by atoms with E-state index in [9.17, 15) is 14.9 Å². The van der Waals surface area contributed by atoms with Crippen molar-refractivity contribution < 1.29 is 9.72 Å². The third-order valence-corrected chi connectivity index (χ3v) is 6.85. The molecule has 2 heterocycles. The number of nitro groups is 1. The fraction of sp³-hybridized carbons (Fsp3) is 0.292. The summed E-state index contributed by atoms with van der Waals surface area (Å²) >= 11 is 1.46. The van der Waals surface area contributed by atoms with Crippen molar-refractivity contribution in [1.29, 1.82) is 0 Å². The van der Waals surface area contributed by atoms with Crippen molar-refractivity contribution in [2.24, 2.45) is 5.41 Å². The molecule has 0 fully saturated rings. The third-order valence-electron chi connectivity index (χ3n) is 5.94. The molecular weight excluding hydrogens is 438 g/mol. The molecule has 1 aliphatic carbocycles. The van der Waals surface area contributed by atoms with Crippen molar-refractivity contribution in [2.75, 3.05) is 5.32 Å². The van der Waals surface area contributed by atoms with Crippen LogP contribution < -0.4 is 5.32 Å². The smallest absolute Gasteiger partial charge is 0.269 e. The molecule has 0 spiro atoms. The molecule has 0 saturated heterocycles. The molecule has 1 aliphatic heterocycles. The quantitative estimate of drug-likeness (QED) is 0.319. The number of non-ortho nitro benzene ring substituents is 1. The minimum atomic E-state index is -0.408. The Hall–Kier alpha value is -3.46. The number of ketones is 1. The Morgan fingerprint density at radius 3 is 2.58 bits per heavy atom. The van der Waals surface area contributed by atoms with Gasteiger partial charge in [0.15, 0.2) is 5.78 Å². The second-order valence-corrected chi connectivity index (χ2v) is 10.1. The van der Waals surface area contributed by atoms with Gasteiger partial charge >= 0.3 is 0 Å². The molecule has 168 valence electrons. The van der Waals surface area contributed by atoms with E-state index in [-0.39, 0.29) is 22.9 Å². The summed E-state index contributed by atoms with van der Waals surface area (Å²) in [6.07, 6.45) is 1.28. The first-order chi connectivity index (χ1) is 15.8. The number of hydrogen-bond donors (Lipinski definition) is 1. The van der Waals surface area contributed by atoms with Crippen LogP contribution in [0.15, 0.2) is 71.0 Å². The number of nitro benzene ring substituents is 1. The van der Waals surface area contributed by atoms with Crippen LogP contribution in [0.2, 0.25) is 0 Å². The van der Waals surface area contributed by atoms with Gasteiger partial charge in [-0.3, -0.25) is 14.9 Å². The van der Waals surface area contributed by atoms with Crippen molar-refractivity contribution in [2.45, 2.75) is 43.6 Å². The lowest BCUT2D eigenvalue weighted by Gasteiger charge is -2.38. The Labute approximate surface area is 195 Å². The van der Waals surface area contributed by atoms with E-state index in [0.29, 0.717) is 23.3 Å². The van der Waals surface area contributed by atoms with Gasteiger partial charge in [-0.15, -0.1) is 5.10 Å². The van der Waals surface area contributed by atoms with Gasteiger partial charge in [-0.2, -0.15) is 4.98 Å². The Kier molecular flexibility index (Phi) is 5.28. The van der Waals surface area contributed by atoms with Gasteiger partial charge in [-0.05, 0) is 23.0 Å². The number of benzene rings is 2. The van der Waals surface area contributed by atoms with Crippen LogP contribution in [0.5, 0.6) is 0 Å². The second-order valence-electron chi connectivity index (χ2n) is 9.15. The van der Waals surface area contributed by atoms with E-state index in [0.717, 1.165) is 28.8 Å². The van der Waals surface area contributed by atoms with Gasteiger partial charge in [0, 0.05) is 35.6 Å². The van der Waals surface area contributed by atoms with Crippen molar-refractivity contribution in [1.82, 2.24) is 14.8 Å². The Balaban J connectivity index is 1.46. The lowest BCUT2D eigenvalue weighted by molar-refractivity contribution is -0.384. The van der Waals surface area contributed by atoms with E-state index in [1.807, 2.05) is 35.0 Å². The lowest BCUT2D eigenvalue weighted by Crippen LogP contribution is -2.36. The van der Waals surface area contributed by atoms with Gasteiger partial charge in [0.05, 0.1) is 4.92 Å². The van der Waals surface area contributed by atoms with Gasteiger partial charge in [0.2, 0.25) is 11.1 Å². The number of aromatic nitrogens is 3. The van der Waals surface area contributed by atoms with Crippen LogP contribution in [0.4, 0.5) is 11.6 Å². The summed E-state index contributed by atoms with van der Waals surface area (Å²) in [7, 11) is 0. The van der Waals surface area contributed by atoms with Gasteiger partial charge in [-0.1, -0.05) is 68.1 Å². The van der Waals surface area contributed by atoms with Gasteiger partial charge in [0.1, 0.15) is 6.04 Å². The lowest BCUT2D eigenvalue weighted by atomic mass is 9.73. The number of allylic oxidation sites excluding steroid dienone is 2. The van der Waals surface area contributed by atoms with Crippen LogP contribution in [-0.4, -0.2) is 25.5 Å². The molecule has 0 saturated carbocycles. The van der Waals surface area contributed by atoms with Gasteiger partial charge in [0.25, 0.3) is 5.69 Å². The fourth-order valence-corrected chi connectivity index (χ4v) is 5.24. The SMILES string of the molecule is CC1(C)CC(=O)C2=C(C1)Nc1nc(SCc3ccc([N+](=O)[O-])cc3)nn1[C@@H]2c1ccccc1. The van der Waals surface area contributed by atoms with Crippen LogP contribution in [0.1, 0.15) is 43.9 Å². The maximum Gasteiger partial charge on any atom is 0.269 e. The predicted octanol–water partition coefficient (Wildman–Crippen LogP) is 5.14. The average molecular weight is 462 g/mol. The fourth-order valence-electron chi connectivity index (χ4n) is 4.46. The number of thioether (sulfide) groups is 1. The average Bonchev–Trinajstić information content (AvgIpc) is 3.18. The molecule has 9 heteroatoms. The number of carbonyl (C=O) groups is 1. The molecule has 33 heavy (non-hydrogen) atoms. The van der Waals surface area contributed by atoms with Crippen LogP contribution in [0.3, 0.4) is 0 Å². The number of nitrogens with zero attached hydrogens (tertiary/aromatic N) is 4. The van der Waals surface area contributed by atoms with Gasteiger partial charge < -0.3 is 5.32 Å². The molecule has 0 amide bonds. The highest BCUT2D eigenvalue weighted by atomic mass is 32.2. The van der Waals surface area contributed by atoms with Crippen LogP contribution in [0.25, 0.3) is 0 Å². The van der Waals surface area contributed by atoms with Crippen molar-refractivity contribution in [3.63, 3.8) is 0 Å². The van der Waals surface area contributed by atoms with E-state index in [1.54, 1.807) is 12.1 Å². The highest BCUT2D eigenvalue weighted by Crippen LogP contribution is 2.45. The Morgan fingerprint density at radius 2 is 1.88 bits per heavy atom. The topological polar surface area (TPSA) is 103 Å². The van der Waals surface area contributed by atoms with Crippen LogP contribution in [0, 0.1) is 15.5 Å². The monoisotopic (exact) mass is 461 g/mol. The largest absolute Gasteiger partial charge is 0.328 e. The van der Waals surface area contributed by atoms with E-state index in [1.165, 1.54) is 23.9 Å². The molecule has 0 unspecified atom stereocenters.